The maximum atomic E-state index is 12.3. The molecule has 2 aromatic carbocycles. The number of carbonyl (C=O) groups excluding carboxylic acids is 1. The third-order valence-electron chi connectivity index (χ3n) is 3.61. The lowest BCUT2D eigenvalue weighted by Gasteiger charge is -2.18. The van der Waals surface area contributed by atoms with Crippen molar-refractivity contribution in [1.29, 1.82) is 0 Å². The Morgan fingerprint density at radius 2 is 1.83 bits per heavy atom. The Hall–Kier alpha value is -2.49. The number of methoxy groups -OCH3 is 1. The average molecular weight is 313 g/mol. The zero-order valence-corrected chi connectivity index (χ0v) is 13.8. The average Bonchev–Trinajstić information content (AvgIpc) is 2.59. The molecule has 0 fully saturated rings. The molecule has 4 heteroatoms. The summed E-state index contributed by atoms with van der Waals surface area (Å²) in [6.07, 6.45) is 0.0958. The molecule has 0 radical (unpaired) electrons. The summed E-state index contributed by atoms with van der Waals surface area (Å²) < 4.78 is 11.1. The predicted octanol–water partition coefficient (Wildman–Crippen LogP) is 3.48. The molecule has 1 atom stereocenters. The van der Waals surface area contributed by atoms with Gasteiger partial charge in [-0.05, 0) is 31.5 Å². The second-order valence-corrected chi connectivity index (χ2v) is 5.36. The number of hydrogen-bond donors (Lipinski definition) is 1. The van der Waals surface area contributed by atoms with Crippen LogP contribution in [0.3, 0.4) is 0 Å². The monoisotopic (exact) mass is 313 g/mol. The third-order valence-corrected chi connectivity index (χ3v) is 3.61. The lowest BCUT2D eigenvalue weighted by molar-refractivity contribution is -0.128. The molecule has 4 nitrogen and oxygen atoms in total. The number of benzene rings is 2. The van der Waals surface area contributed by atoms with E-state index in [1.165, 1.54) is 0 Å². The van der Waals surface area contributed by atoms with E-state index in [1.54, 1.807) is 7.11 Å². The number of nitrogens with one attached hydrogen (secondary N) is 1. The van der Waals surface area contributed by atoms with E-state index in [2.05, 4.69) is 5.32 Å². The number of ether oxygens (including phenoxy) is 2. The molecule has 0 saturated carbocycles. The molecule has 0 saturated heterocycles. The van der Waals surface area contributed by atoms with Gasteiger partial charge in [0.2, 0.25) is 0 Å². The van der Waals surface area contributed by atoms with Crippen molar-refractivity contribution in [2.24, 2.45) is 0 Å². The maximum Gasteiger partial charge on any atom is 0.261 e. The van der Waals surface area contributed by atoms with Gasteiger partial charge >= 0.3 is 0 Å². The zero-order valence-electron chi connectivity index (χ0n) is 13.8. The van der Waals surface area contributed by atoms with Gasteiger partial charge in [-0.25, -0.2) is 0 Å². The van der Waals surface area contributed by atoms with E-state index >= 15 is 0 Å². The minimum Gasteiger partial charge on any atom is -0.496 e. The highest BCUT2D eigenvalue weighted by Crippen LogP contribution is 2.18. The van der Waals surface area contributed by atoms with Crippen molar-refractivity contribution in [3.05, 3.63) is 59.7 Å². The fourth-order valence-electron chi connectivity index (χ4n) is 2.25. The lowest BCUT2D eigenvalue weighted by atomic mass is 10.2. The molecule has 0 spiro atoms. The Kier molecular flexibility index (Phi) is 6.03. The fourth-order valence-corrected chi connectivity index (χ4v) is 2.25. The van der Waals surface area contributed by atoms with Gasteiger partial charge in [0, 0.05) is 12.1 Å². The van der Waals surface area contributed by atoms with Crippen molar-refractivity contribution in [1.82, 2.24) is 5.32 Å². The topological polar surface area (TPSA) is 47.6 Å². The summed E-state index contributed by atoms with van der Waals surface area (Å²) in [7, 11) is 1.62. The molecule has 23 heavy (non-hydrogen) atoms. The summed E-state index contributed by atoms with van der Waals surface area (Å²) in [5, 5.41) is 2.91. The molecular formula is C19H23NO3. The highest BCUT2D eigenvalue weighted by Gasteiger charge is 2.18. The van der Waals surface area contributed by atoms with E-state index in [4.69, 9.17) is 9.47 Å². The second-order valence-electron chi connectivity index (χ2n) is 5.36. The number of aryl methyl sites for hydroxylation is 1. The van der Waals surface area contributed by atoms with E-state index in [-0.39, 0.29) is 5.91 Å². The Labute approximate surface area is 137 Å². The van der Waals surface area contributed by atoms with Crippen LogP contribution in [0.1, 0.15) is 24.5 Å². The molecular weight excluding hydrogens is 290 g/mol. The van der Waals surface area contributed by atoms with Gasteiger partial charge in [0.25, 0.3) is 5.91 Å². The van der Waals surface area contributed by atoms with Gasteiger partial charge in [-0.3, -0.25) is 4.79 Å². The van der Waals surface area contributed by atoms with E-state index in [1.807, 2.05) is 62.4 Å². The van der Waals surface area contributed by atoms with Gasteiger partial charge in [-0.1, -0.05) is 42.8 Å². The molecule has 2 rings (SSSR count). The summed E-state index contributed by atoms with van der Waals surface area (Å²) >= 11 is 0. The molecule has 0 aliphatic rings. The van der Waals surface area contributed by atoms with Crippen LogP contribution in [0.2, 0.25) is 0 Å². The molecule has 0 bridgehead atoms. The highest BCUT2D eigenvalue weighted by atomic mass is 16.5. The van der Waals surface area contributed by atoms with Crippen LogP contribution in [0.5, 0.6) is 11.5 Å². The third kappa shape index (κ3) is 4.74. The predicted molar refractivity (Wildman–Crippen MR) is 90.7 cm³/mol. The molecule has 0 heterocycles. The van der Waals surface area contributed by atoms with Crippen LogP contribution in [-0.4, -0.2) is 19.1 Å². The molecule has 2 aromatic rings. The zero-order chi connectivity index (χ0) is 16.7. The molecule has 1 amide bonds. The minimum atomic E-state index is -0.507. The van der Waals surface area contributed by atoms with Gasteiger partial charge in [0.15, 0.2) is 6.10 Å². The Balaban J connectivity index is 1.96. The Bertz CT molecular complexity index is 637. The van der Waals surface area contributed by atoms with Crippen LogP contribution in [0.15, 0.2) is 48.5 Å². The molecule has 0 aliphatic carbocycles. The molecule has 1 unspecified atom stereocenters. The van der Waals surface area contributed by atoms with Crippen molar-refractivity contribution >= 4 is 5.91 Å². The quantitative estimate of drug-likeness (QED) is 0.851. The fraction of sp³-hybridized carbons (Fsp3) is 0.316. The summed E-state index contributed by atoms with van der Waals surface area (Å²) in [5.41, 5.74) is 2.10. The summed E-state index contributed by atoms with van der Waals surface area (Å²) in [6, 6.07) is 15.3. The molecule has 0 aromatic heterocycles. The molecule has 0 aliphatic heterocycles. The summed E-state index contributed by atoms with van der Waals surface area (Å²) in [6.45, 7) is 4.36. The lowest BCUT2D eigenvalue weighted by Crippen LogP contribution is -2.37. The smallest absolute Gasteiger partial charge is 0.261 e. The van der Waals surface area contributed by atoms with Gasteiger partial charge in [0.1, 0.15) is 11.5 Å². The van der Waals surface area contributed by atoms with E-state index in [0.717, 1.165) is 16.9 Å². The van der Waals surface area contributed by atoms with E-state index < -0.39 is 6.10 Å². The van der Waals surface area contributed by atoms with E-state index in [9.17, 15) is 4.79 Å². The van der Waals surface area contributed by atoms with Crippen LogP contribution in [-0.2, 0) is 11.3 Å². The van der Waals surface area contributed by atoms with E-state index in [0.29, 0.717) is 18.7 Å². The first-order chi connectivity index (χ1) is 11.1. The Morgan fingerprint density at radius 1 is 1.13 bits per heavy atom. The largest absolute Gasteiger partial charge is 0.496 e. The highest BCUT2D eigenvalue weighted by molar-refractivity contribution is 5.81. The van der Waals surface area contributed by atoms with Crippen molar-refractivity contribution in [2.75, 3.05) is 7.11 Å². The van der Waals surface area contributed by atoms with Gasteiger partial charge < -0.3 is 14.8 Å². The number of para-hydroxylation sites is 1. The van der Waals surface area contributed by atoms with Crippen molar-refractivity contribution < 1.29 is 14.3 Å². The van der Waals surface area contributed by atoms with Gasteiger partial charge in [-0.15, -0.1) is 0 Å². The van der Waals surface area contributed by atoms with Crippen molar-refractivity contribution in [3.8, 4) is 11.5 Å². The van der Waals surface area contributed by atoms with Crippen LogP contribution < -0.4 is 14.8 Å². The maximum absolute atomic E-state index is 12.3. The number of hydrogen-bond acceptors (Lipinski definition) is 3. The van der Waals surface area contributed by atoms with Gasteiger partial charge in [0.05, 0.1) is 7.11 Å². The van der Waals surface area contributed by atoms with Crippen molar-refractivity contribution in [2.45, 2.75) is 32.9 Å². The SMILES string of the molecule is CCC(Oc1ccc(C)cc1)C(=O)NCc1ccccc1OC. The number of rotatable bonds is 7. The first-order valence-corrected chi connectivity index (χ1v) is 7.77. The summed E-state index contributed by atoms with van der Waals surface area (Å²) in [4.78, 5) is 12.3. The first-order valence-electron chi connectivity index (χ1n) is 7.77. The van der Waals surface area contributed by atoms with Crippen LogP contribution in [0.4, 0.5) is 0 Å². The standard InChI is InChI=1S/C19H23NO3/c1-4-17(23-16-11-9-14(2)10-12-16)19(21)20-13-15-7-5-6-8-18(15)22-3/h5-12,17H,4,13H2,1-3H3,(H,20,21). The van der Waals surface area contributed by atoms with Crippen molar-refractivity contribution in [3.63, 3.8) is 0 Å². The normalized spacial score (nSPS) is 11.6. The number of amides is 1. The summed E-state index contributed by atoms with van der Waals surface area (Å²) in [5.74, 6) is 1.34. The first kappa shape index (κ1) is 16.9. The van der Waals surface area contributed by atoms with Crippen LogP contribution in [0.25, 0.3) is 0 Å². The number of carbonyl (C=O) groups is 1. The van der Waals surface area contributed by atoms with Crippen LogP contribution in [0, 0.1) is 6.92 Å². The Morgan fingerprint density at radius 3 is 2.48 bits per heavy atom. The second kappa shape index (κ2) is 8.22. The van der Waals surface area contributed by atoms with Crippen LogP contribution >= 0.6 is 0 Å². The molecule has 1 N–H and O–H groups in total. The molecule has 122 valence electrons. The van der Waals surface area contributed by atoms with Gasteiger partial charge in [-0.2, -0.15) is 0 Å². The minimum absolute atomic E-state index is 0.126.